The molecule has 0 aliphatic carbocycles. The first-order chi connectivity index (χ1) is 9.24. The standard InChI is InChI=1S/C16H17N3/c1-3-19(12-14-6-8-18-9-7-14)16-5-4-15(11-17)13(2)10-16/h4-10H,3,12H2,1-2H3. The van der Waals surface area contributed by atoms with Gasteiger partial charge in [0.25, 0.3) is 0 Å². The van der Waals surface area contributed by atoms with Crippen LogP contribution < -0.4 is 4.90 Å². The van der Waals surface area contributed by atoms with Crippen LogP contribution in [0.1, 0.15) is 23.6 Å². The molecule has 0 radical (unpaired) electrons. The van der Waals surface area contributed by atoms with Crippen LogP contribution in [-0.2, 0) is 6.54 Å². The van der Waals surface area contributed by atoms with E-state index in [9.17, 15) is 0 Å². The molecular weight excluding hydrogens is 234 g/mol. The molecule has 1 aromatic carbocycles. The van der Waals surface area contributed by atoms with E-state index in [1.54, 1.807) is 0 Å². The van der Waals surface area contributed by atoms with E-state index in [2.05, 4.69) is 28.9 Å². The fourth-order valence-electron chi connectivity index (χ4n) is 2.06. The highest BCUT2D eigenvalue weighted by Crippen LogP contribution is 2.20. The van der Waals surface area contributed by atoms with Crippen molar-refractivity contribution in [2.75, 3.05) is 11.4 Å². The molecule has 96 valence electrons. The molecule has 3 heteroatoms. The first-order valence-corrected chi connectivity index (χ1v) is 6.39. The molecule has 0 aliphatic rings. The van der Waals surface area contributed by atoms with Crippen LogP contribution in [0.5, 0.6) is 0 Å². The molecule has 0 spiro atoms. The van der Waals surface area contributed by atoms with E-state index < -0.39 is 0 Å². The average Bonchev–Trinajstić information content (AvgIpc) is 2.46. The maximum absolute atomic E-state index is 8.97. The highest BCUT2D eigenvalue weighted by atomic mass is 15.1. The van der Waals surface area contributed by atoms with Gasteiger partial charge in [-0.2, -0.15) is 5.26 Å². The van der Waals surface area contributed by atoms with Crippen molar-refractivity contribution in [2.45, 2.75) is 20.4 Å². The highest BCUT2D eigenvalue weighted by Gasteiger charge is 2.07. The van der Waals surface area contributed by atoms with Crippen LogP contribution in [0.3, 0.4) is 0 Å². The van der Waals surface area contributed by atoms with E-state index in [0.29, 0.717) is 0 Å². The van der Waals surface area contributed by atoms with Crippen LogP contribution in [0, 0.1) is 18.3 Å². The molecule has 0 saturated carbocycles. The molecule has 0 N–H and O–H groups in total. The number of hydrogen-bond donors (Lipinski definition) is 0. The number of benzene rings is 1. The lowest BCUT2D eigenvalue weighted by Gasteiger charge is -2.23. The maximum Gasteiger partial charge on any atom is 0.0994 e. The van der Waals surface area contributed by atoms with Crippen molar-refractivity contribution in [3.8, 4) is 6.07 Å². The monoisotopic (exact) mass is 251 g/mol. The van der Waals surface area contributed by atoms with Crippen LogP contribution in [0.25, 0.3) is 0 Å². The van der Waals surface area contributed by atoms with Crippen molar-refractivity contribution in [3.63, 3.8) is 0 Å². The van der Waals surface area contributed by atoms with Crippen LogP contribution >= 0.6 is 0 Å². The van der Waals surface area contributed by atoms with E-state index in [-0.39, 0.29) is 0 Å². The minimum atomic E-state index is 0.740. The van der Waals surface area contributed by atoms with E-state index in [1.807, 2.05) is 43.6 Å². The lowest BCUT2D eigenvalue weighted by molar-refractivity contribution is 0.829. The summed E-state index contributed by atoms with van der Waals surface area (Å²) < 4.78 is 0. The molecule has 1 heterocycles. The normalized spacial score (nSPS) is 9.95. The third kappa shape index (κ3) is 3.11. The average molecular weight is 251 g/mol. The van der Waals surface area contributed by atoms with Crippen LogP contribution in [0.4, 0.5) is 5.69 Å². The van der Waals surface area contributed by atoms with Crippen molar-refractivity contribution in [2.24, 2.45) is 0 Å². The summed E-state index contributed by atoms with van der Waals surface area (Å²) in [7, 11) is 0. The van der Waals surface area contributed by atoms with E-state index in [0.717, 1.165) is 29.9 Å². The van der Waals surface area contributed by atoms with Gasteiger partial charge in [0.15, 0.2) is 0 Å². The molecule has 1 aromatic heterocycles. The van der Waals surface area contributed by atoms with Gasteiger partial charge in [-0.15, -0.1) is 0 Å². The predicted octanol–water partition coefficient (Wildman–Crippen LogP) is 3.29. The van der Waals surface area contributed by atoms with Gasteiger partial charge in [0, 0.05) is 31.2 Å². The Morgan fingerprint density at radius 2 is 1.95 bits per heavy atom. The summed E-state index contributed by atoms with van der Waals surface area (Å²) in [6.45, 7) is 5.88. The third-order valence-corrected chi connectivity index (χ3v) is 3.20. The fourth-order valence-corrected chi connectivity index (χ4v) is 2.06. The zero-order valence-corrected chi connectivity index (χ0v) is 11.3. The van der Waals surface area contributed by atoms with Gasteiger partial charge in [-0.3, -0.25) is 4.98 Å². The lowest BCUT2D eigenvalue weighted by Crippen LogP contribution is -2.22. The molecule has 0 amide bonds. The number of pyridine rings is 1. The van der Waals surface area contributed by atoms with Gasteiger partial charge in [0.1, 0.15) is 0 Å². The topological polar surface area (TPSA) is 39.9 Å². The second-order valence-corrected chi connectivity index (χ2v) is 4.48. The lowest BCUT2D eigenvalue weighted by atomic mass is 10.1. The number of rotatable bonds is 4. The molecule has 0 saturated heterocycles. The number of hydrogen-bond acceptors (Lipinski definition) is 3. The van der Waals surface area contributed by atoms with Crippen LogP contribution in [0.15, 0.2) is 42.7 Å². The van der Waals surface area contributed by atoms with Crippen molar-refractivity contribution >= 4 is 5.69 Å². The Kier molecular flexibility index (Phi) is 4.15. The minimum absolute atomic E-state index is 0.740. The van der Waals surface area contributed by atoms with Gasteiger partial charge in [0.05, 0.1) is 11.6 Å². The first-order valence-electron chi connectivity index (χ1n) is 6.39. The van der Waals surface area contributed by atoms with Crippen molar-refractivity contribution < 1.29 is 0 Å². The van der Waals surface area contributed by atoms with Gasteiger partial charge in [-0.1, -0.05) is 0 Å². The Morgan fingerprint density at radius 1 is 1.21 bits per heavy atom. The summed E-state index contributed by atoms with van der Waals surface area (Å²) in [6, 6.07) is 12.2. The molecule has 0 bridgehead atoms. The maximum atomic E-state index is 8.97. The highest BCUT2D eigenvalue weighted by molar-refractivity contribution is 5.53. The van der Waals surface area contributed by atoms with Crippen LogP contribution in [0.2, 0.25) is 0 Å². The van der Waals surface area contributed by atoms with Gasteiger partial charge in [0.2, 0.25) is 0 Å². The number of nitriles is 1. The molecule has 2 aromatic rings. The molecule has 0 fully saturated rings. The quantitative estimate of drug-likeness (QED) is 0.837. The van der Waals surface area contributed by atoms with E-state index in [1.165, 1.54) is 5.56 Å². The zero-order chi connectivity index (χ0) is 13.7. The molecule has 0 atom stereocenters. The third-order valence-electron chi connectivity index (χ3n) is 3.20. The van der Waals surface area contributed by atoms with E-state index in [4.69, 9.17) is 5.26 Å². The van der Waals surface area contributed by atoms with Gasteiger partial charge in [-0.05, 0) is 55.3 Å². The molecular formula is C16H17N3. The second kappa shape index (κ2) is 6.01. The summed E-state index contributed by atoms with van der Waals surface area (Å²) in [5, 5.41) is 8.97. The summed E-state index contributed by atoms with van der Waals surface area (Å²) in [5.41, 5.74) is 4.14. The van der Waals surface area contributed by atoms with Crippen LogP contribution in [-0.4, -0.2) is 11.5 Å². The zero-order valence-electron chi connectivity index (χ0n) is 11.3. The predicted molar refractivity (Wildman–Crippen MR) is 76.9 cm³/mol. The first kappa shape index (κ1) is 13.1. The molecule has 3 nitrogen and oxygen atoms in total. The Balaban J connectivity index is 2.23. The SMILES string of the molecule is CCN(Cc1ccncc1)c1ccc(C#N)c(C)c1. The van der Waals surface area contributed by atoms with Gasteiger partial charge in [-0.25, -0.2) is 0 Å². The number of anilines is 1. The Labute approximate surface area is 114 Å². The Bertz CT molecular complexity index is 585. The molecule has 0 unspecified atom stereocenters. The second-order valence-electron chi connectivity index (χ2n) is 4.48. The Morgan fingerprint density at radius 3 is 2.53 bits per heavy atom. The summed E-state index contributed by atoms with van der Waals surface area (Å²) in [6.07, 6.45) is 3.63. The number of aromatic nitrogens is 1. The van der Waals surface area contributed by atoms with E-state index >= 15 is 0 Å². The molecule has 0 aliphatic heterocycles. The minimum Gasteiger partial charge on any atom is -0.367 e. The largest absolute Gasteiger partial charge is 0.367 e. The van der Waals surface area contributed by atoms with Crippen molar-refractivity contribution in [1.29, 1.82) is 5.26 Å². The molecule has 19 heavy (non-hydrogen) atoms. The summed E-state index contributed by atoms with van der Waals surface area (Å²) in [4.78, 5) is 6.31. The van der Waals surface area contributed by atoms with Crippen molar-refractivity contribution in [3.05, 3.63) is 59.4 Å². The Hall–Kier alpha value is -2.34. The summed E-state index contributed by atoms with van der Waals surface area (Å²) >= 11 is 0. The fraction of sp³-hybridized carbons (Fsp3) is 0.250. The van der Waals surface area contributed by atoms with Gasteiger partial charge < -0.3 is 4.90 Å². The van der Waals surface area contributed by atoms with Gasteiger partial charge >= 0.3 is 0 Å². The number of nitrogens with zero attached hydrogens (tertiary/aromatic N) is 3. The summed E-state index contributed by atoms with van der Waals surface area (Å²) in [5.74, 6) is 0. The smallest absolute Gasteiger partial charge is 0.0994 e. The van der Waals surface area contributed by atoms with Crippen molar-refractivity contribution in [1.82, 2.24) is 4.98 Å². The molecule has 2 rings (SSSR count). The number of aryl methyl sites for hydroxylation is 1.